The Labute approximate surface area is 138 Å². The van der Waals surface area contributed by atoms with Crippen LogP contribution < -0.4 is 15.4 Å². The fourth-order valence-electron chi connectivity index (χ4n) is 2.31. The lowest BCUT2D eigenvalue weighted by molar-refractivity contribution is 0.252. The molecule has 2 heterocycles. The molecule has 0 spiro atoms. The molecule has 0 fully saturated rings. The minimum Gasteiger partial charge on any atom is -0.497 e. The number of ether oxygens (including phenoxy) is 1. The van der Waals surface area contributed by atoms with Crippen LogP contribution >= 0.6 is 11.3 Å². The van der Waals surface area contributed by atoms with Crippen molar-refractivity contribution in [2.45, 2.75) is 13.5 Å². The molecule has 0 saturated carbocycles. The van der Waals surface area contributed by atoms with Crippen LogP contribution in [0.3, 0.4) is 0 Å². The van der Waals surface area contributed by atoms with Gasteiger partial charge in [0.15, 0.2) is 0 Å². The molecule has 6 heteroatoms. The molecule has 0 atom stereocenters. The van der Waals surface area contributed by atoms with Gasteiger partial charge in [-0.25, -0.2) is 4.79 Å². The van der Waals surface area contributed by atoms with Crippen LogP contribution in [0, 0.1) is 6.92 Å². The number of carbonyl (C=O) groups is 1. The Morgan fingerprint density at radius 1 is 1.26 bits per heavy atom. The molecule has 2 aromatic heterocycles. The van der Waals surface area contributed by atoms with Gasteiger partial charge in [0.1, 0.15) is 5.75 Å². The molecule has 3 aromatic rings. The van der Waals surface area contributed by atoms with E-state index in [1.807, 2.05) is 43.5 Å². The van der Waals surface area contributed by atoms with Crippen LogP contribution in [0.25, 0.3) is 10.1 Å². The molecule has 5 nitrogen and oxygen atoms in total. The number of aryl methyl sites for hydroxylation is 1. The van der Waals surface area contributed by atoms with Gasteiger partial charge in [0.05, 0.1) is 17.5 Å². The topological polar surface area (TPSA) is 63.2 Å². The first-order valence-electron chi connectivity index (χ1n) is 7.18. The molecular formula is C17H17N3O2S. The number of thiophene rings is 1. The number of nitrogens with zero attached hydrogens (tertiary/aromatic N) is 1. The highest BCUT2D eigenvalue weighted by Gasteiger charge is 2.11. The predicted octanol–water partition coefficient (Wildman–Crippen LogP) is 3.94. The number of fused-ring (bicyclic) bond motifs is 1. The van der Waals surface area contributed by atoms with Crippen LogP contribution in [-0.4, -0.2) is 18.1 Å². The van der Waals surface area contributed by atoms with Gasteiger partial charge in [0.25, 0.3) is 0 Å². The summed E-state index contributed by atoms with van der Waals surface area (Å²) < 4.78 is 6.18. The van der Waals surface area contributed by atoms with Gasteiger partial charge in [-0.1, -0.05) is 12.1 Å². The van der Waals surface area contributed by atoms with Gasteiger partial charge in [-0.05, 0) is 30.7 Å². The van der Waals surface area contributed by atoms with Crippen LogP contribution in [0.1, 0.15) is 10.4 Å². The van der Waals surface area contributed by atoms with E-state index in [0.29, 0.717) is 6.54 Å². The van der Waals surface area contributed by atoms with Gasteiger partial charge < -0.3 is 15.4 Å². The predicted molar refractivity (Wildman–Crippen MR) is 93.2 cm³/mol. The largest absolute Gasteiger partial charge is 0.497 e. The second kappa shape index (κ2) is 6.66. The molecule has 118 valence electrons. The second-order valence-corrected chi connectivity index (χ2v) is 6.32. The Morgan fingerprint density at radius 2 is 2.04 bits per heavy atom. The molecule has 23 heavy (non-hydrogen) atoms. The van der Waals surface area contributed by atoms with Gasteiger partial charge in [0, 0.05) is 29.2 Å². The smallest absolute Gasteiger partial charge is 0.319 e. The normalized spacial score (nSPS) is 10.5. The third kappa shape index (κ3) is 3.43. The summed E-state index contributed by atoms with van der Waals surface area (Å²) in [5, 5.41) is 6.81. The van der Waals surface area contributed by atoms with E-state index in [9.17, 15) is 4.79 Å². The molecule has 3 rings (SSSR count). The summed E-state index contributed by atoms with van der Waals surface area (Å²) in [6.07, 6.45) is 3.54. The van der Waals surface area contributed by atoms with E-state index in [1.165, 1.54) is 0 Å². The summed E-state index contributed by atoms with van der Waals surface area (Å²) >= 11 is 1.62. The zero-order valence-corrected chi connectivity index (χ0v) is 13.7. The highest BCUT2D eigenvalue weighted by molar-refractivity contribution is 7.19. The minimum absolute atomic E-state index is 0.222. The van der Waals surface area contributed by atoms with E-state index in [2.05, 4.69) is 15.6 Å². The number of hydrogen-bond acceptors (Lipinski definition) is 4. The van der Waals surface area contributed by atoms with Crippen molar-refractivity contribution >= 4 is 33.1 Å². The number of urea groups is 1. The maximum Gasteiger partial charge on any atom is 0.319 e. The third-order valence-corrected chi connectivity index (χ3v) is 4.58. The summed E-state index contributed by atoms with van der Waals surface area (Å²) in [6.45, 7) is 2.45. The molecule has 2 N–H and O–H groups in total. The van der Waals surface area contributed by atoms with E-state index in [0.717, 1.165) is 32.0 Å². The van der Waals surface area contributed by atoms with Crippen LogP contribution in [0.5, 0.6) is 5.75 Å². The molecule has 2 amide bonds. The van der Waals surface area contributed by atoms with Crippen molar-refractivity contribution in [3.63, 3.8) is 0 Å². The lowest BCUT2D eigenvalue weighted by atomic mass is 10.2. The number of amides is 2. The van der Waals surface area contributed by atoms with Gasteiger partial charge in [-0.2, -0.15) is 0 Å². The maximum absolute atomic E-state index is 12.1. The zero-order valence-electron chi connectivity index (χ0n) is 12.9. The number of benzene rings is 1. The molecule has 0 aliphatic rings. The molecule has 0 aliphatic carbocycles. The highest BCUT2D eigenvalue weighted by atomic mass is 32.1. The summed E-state index contributed by atoms with van der Waals surface area (Å²) in [7, 11) is 1.63. The Morgan fingerprint density at radius 3 is 2.78 bits per heavy atom. The monoisotopic (exact) mass is 327 g/mol. The summed E-state index contributed by atoms with van der Waals surface area (Å²) in [6, 6.07) is 9.29. The number of pyridine rings is 1. The maximum atomic E-state index is 12.1. The van der Waals surface area contributed by atoms with Crippen LogP contribution in [0.15, 0.2) is 42.7 Å². The molecule has 0 unspecified atom stereocenters. The van der Waals surface area contributed by atoms with Gasteiger partial charge in [0.2, 0.25) is 0 Å². The number of aromatic nitrogens is 1. The van der Waals surface area contributed by atoms with Crippen molar-refractivity contribution in [2.75, 3.05) is 12.4 Å². The van der Waals surface area contributed by atoms with Crippen molar-refractivity contribution < 1.29 is 9.53 Å². The third-order valence-electron chi connectivity index (χ3n) is 3.52. The molecular weight excluding hydrogens is 310 g/mol. The number of anilines is 1. The Hall–Kier alpha value is -2.60. The lowest BCUT2D eigenvalue weighted by Gasteiger charge is -2.08. The first-order valence-corrected chi connectivity index (χ1v) is 8.00. The van der Waals surface area contributed by atoms with Crippen molar-refractivity contribution in [1.82, 2.24) is 10.3 Å². The van der Waals surface area contributed by atoms with E-state index < -0.39 is 0 Å². The standard InChI is InChI=1S/C17H17N3O2S/c1-11-16(14-7-8-18-10-15(14)23-11)20-17(21)19-9-12-3-5-13(22-2)6-4-12/h3-8,10H,9H2,1-2H3,(H2,19,20,21). The quantitative estimate of drug-likeness (QED) is 0.763. The molecule has 0 bridgehead atoms. The summed E-state index contributed by atoms with van der Waals surface area (Å²) in [4.78, 5) is 17.3. The van der Waals surface area contributed by atoms with Gasteiger partial charge in [-0.15, -0.1) is 11.3 Å². The Bertz CT molecular complexity index is 827. The molecule has 0 radical (unpaired) electrons. The molecule has 0 saturated heterocycles. The average molecular weight is 327 g/mol. The van der Waals surface area contributed by atoms with Gasteiger partial charge >= 0.3 is 6.03 Å². The number of methoxy groups -OCH3 is 1. The van der Waals surface area contributed by atoms with E-state index in [-0.39, 0.29) is 6.03 Å². The van der Waals surface area contributed by atoms with Crippen LogP contribution in [0.2, 0.25) is 0 Å². The lowest BCUT2D eigenvalue weighted by Crippen LogP contribution is -2.28. The summed E-state index contributed by atoms with van der Waals surface area (Å²) in [5.74, 6) is 0.798. The fraction of sp³-hybridized carbons (Fsp3) is 0.176. The number of nitrogens with one attached hydrogen (secondary N) is 2. The number of rotatable bonds is 4. The van der Waals surface area contributed by atoms with Gasteiger partial charge in [-0.3, -0.25) is 4.98 Å². The fourth-order valence-corrected chi connectivity index (χ4v) is 3.30. The van der Waals surface area contributed by atoms with Crippen LogP contribution in [0.4, 0.5) is 10.5 Å². The molecule has 0 aliphatic heterocycles. The van der Waals surface area contributed by atoms with E-state index in [1.54, 1.807) is 24.6 Å². The van der Waals surface area contributed by atoms with E-state index in [4.69, 9.17) is 4.74 Å². The molecule has 1 aromatic carbocycles. The Kier molecular flexibility index (Phi) is 4.43. The van der Waals surface area contributed by atoms with Crippen molar-refractivity contribution in [3.8, 4) is 5.75 Å². The van der Waals surface area contributed by atoms with Crippen LogP contribution in [-0.2, 0) is 6.54 Å². The van der Waals surface area contributed by atoms with Crippen molar-refractivity contribution in [1.29, 1.82) is 0 Å². The first kappa shape index (κ1) is 15.3. The summed E-state index contributed by atoms with van der Waals surface area (Å²) in [5.41, 5.74) is 1.86. The zero-order chi connectivity index (χ0) is 16.2. The first-order chi connectivity index (χ1) is 11.2. The Balaban J connectivity index is 1.65. The van der Waals surface area contributed by atoms with Crippen molar-refractivity contribution in [2.24, 2.45) is 0 Å². The minimum atomic E-state index is -0.222. The second-order valence-electron chi connectivity index (χ2n) is 5.06. The average Bonchev–Trinajstić information content (AvgIpc) is 2.89. The SMILES string of the molecule is COc1ccc(CNC(=O)Nc2c(C)sc3cnccc23)cc1. The number of carbonyl (C=O) groups excluding carboxylic acids is 1. The van der Waals surface area contributed by atoms with E-state index >= 15 is 0 Å². The number of hydrogen-bond donors (Lipinski definition) is 2. The van der Waals surface area contributed by atoms with Crippen molar-refractivity contribution in [3.05, 3.63) is 53.2 Å². The highest BCUT2D eigenvalue weighted by Crippen LogP contribution is 2.34.